The van der Waals surface area contributed by atoms with E-state index < -0.39 is 36.1 Å². The first kappa shape index (κ1) is 13.7. The Morgan fingerprint density at radius 1 is 1.26 bits per heavy atom. The van der Waals surface area contributed by atoms with Crippen LogP contribution in [0.25, 0.3) is 0 Å². The fraction of sp³-hybridized carbons (Fsp3) is 0.455. The quantitative estimate of drug-likeness (QED) is 0.427. The van der Waals surface area contributed by atoms with Gasteiger partial charge in [0, 0.05) is 17.8 Å². The minimum Gasteiger partial charge on any atom is -0.394 e. The molecule has 0 aromatic heterocycles. The van der Waals surface area contributed by atoms with Crippen LogP contribution < -0.4 is 5.32 Å². The van der Waals surface area contributed by atoms with Crippen LogP contribution in [0.15, 0.2) is 24.3 Å². The van der Waals surface area contributed by atoms with Crippen molar-refractivity contribution in [2.24, 2.45) is 0 Å². The molecule has 0 radical (unpaired) electrons. The number of aliphatic hydroxyl groups is 3. The fourth-order valence-electron chi connectivity index (χ4n) is 1.86. The number of nitrogens with one attached hydrogen (secondary N) is 1. The lowest BCUT2D eigenvalue weighted by Crippen LogP contribution is -2.36. The van der Waals surface area contributed by atoms with Gasteiger partial charge in [-0.1, -0.05) is 0 Å². The molecule has 0 saturated carbocycles. The van der Waals surface area contributed by atoms with E-state index in [4.69, 9.17) is 9.84 Å². The van der Waals surface area contributed by atoms with Gasteiger partial charge in [0.15, 0.2) is 6.23 Å². The van der Waals surface area contributed by atoms with Crippen LogP contribution in [0.4, 0.5) is 11.4 Å². The highest BCUT2D eigenvalue weighted by Crippen LogP contribution is 2.24. The van der Waals surface area contributed by atoms with Gasteiger partial charge < -0.3 is 25.4 Å². The molecule has 1 heterocycles. The van der Waals surface area contributed by atoms with Crippen molar-refractivity contribution in [3.63, 3.8) is 0 Å². The molecular weight excluding hydrogens is 256 g/mol. The molecule has 0 spiro atoms. The fourth-order valence-corrected chi connectivity index (χ4v) is 1.86. The maximum absolute atomic E-state index is 10.5. The van der Waals surface area contributed by atoms with Gasteiger partial charge in [0.25, 0.3) is 5.69 Å². The Morgan fingerprint density at radius 3 is 2.37 bits per heavy atom. The van der Waals surface area contributed by atoms with Gasteiger partial charge in [-0.2, -0.15) is 0 Å². The van der Waals surface area contributed by atoms with Gasteiger partial charge >= 0.3 is 0 Å². The first-order chi connectivity index (χ1) is 9.02. The van der Waals surface area contributed by atoms with Crippen molar-refractivity contribution in [2.75, 3.05) is 11.9 Å². The zero-order chi connectivity index (χ0) is 14.0. The van der Waals surface area contributed by atoms with E-state index >= 15 is 0 Å². The number of nitro benzene ring substituents is 1. The number of hydrogen-bond acceptors (Lipinski definition) is 7. The Morgan fingerprint density at radius 2 is 1.89 bits per heavy atom. The third-order valence-electron chi connectivity index (χ3n) is 2.93. The Kier molecular flexibility index (Phi) is 3.96. The van der Waals surface area contributed by atoms with Crippen LogP contribution in [-0.2, 0) is 4.74 Å². The first-order valence-electron chi connectivity index (χ1n) is 5.66. The molecule has 4 N–H and O–H groups in total. The summed E-state index contributed by atoms with van der Waals surface area (Å²) in [7, 11) is 0. The number of anilines is 1. The summed E-state index contributed by atoms with van der Waals surface area (Å²) in [6.07, 6.45) is -4.10. The maximum Gasteiger partial charge on any atom is 0.269 e. The van der Waals surface area contributed by atoms with Crippen molar-refractivity contribution in [1.82, 2.24) is 0 Å². The number of rotatable bonds is 4. The summed E-state index contributed by atoms with van der Waals surface area (Å²) in [5, 5.41) is 41.5. The number of benzene rings is 1. The minimum atomic E-state index is -1.19. The molecule has 4 atom stereocenters. The molecule has 2 rings (SSSR count). The van der Waals surface area contributed by atoms with Gasteiger partial charge in [-0.15, -0.1) is 0 Å². The van der Waals surface area contributed by atoms with Crippen LogP contribution in [0.3, 0.4) is 0 Å². The minimum absolute atomic E-state index is 0.0493. The van der Waals surface area contributed by atoms with Crippen LogP contribution in [0.5, 0.6) is 0 Å². The third kappa shape index (κ3) is 2.82. The molecule has 1 aromatic carbocycles. The lowest BCUT2D eigenvalue weighted by molar-refractivity contribution is -0.384. The molecule has 1 aromatic rings. The molecule has 0 aliphatic carbocycles. The Labute approximate surface area is 108 Å². The lowest BCUT2D eigenvalue weighted by atomic mass is 10.1. The first-order valence-corrected chi connectivity index (χ1v) is 5.66. The molecule has 0 unspecified atom stereocenters. The molecule has 0 amide bonds. The molecule has 1 aliphatic rings. The average molecular weight is 270 g/mol. The zero-order valence-corrected chi connectivity index (χ0v) is 9.84. The molecule has 1 saturated heterocycles. The average Bonchev–Trinajstić information content (AvgIpc) is 2.67. The van der Waals surface area contributed by atoms with Gasteiger partial charge in [-0.25, -0.2) is 0 Å². The Hall–Kier alpha value is -1.74. The second-order valence-corrected chi connectivity index (χ2v) is 4.21. The van der Waals surface area contributed by atoms with Crippen molar-refractivity contribution in [2.45, 2.75) is 24.5 Å². The monoisotopic (exact) mass is 270 g/mol. The molecule has 19 heavy (non-hydrogen) atoms. The highest BCUT2D eigenvalue weighted by atomic mass is 16.6. The Balaban J connectivity index is 2.03. The van der Waals surface area contributed by atoms with Crippen LogP contribution in [0.2, 0.25) is 0 Å². The summed E-state index contributed by atoms with van der Waals surface area (Å²) in [6, 6.07) is 5.55. The summed E-state index contributed by atoms with van der Waals surface area (Å²) in [5.74, 6) is 0. The van der Waals surface area contributed by atoms with Crippen molar-refractivity contribution in [3.05, 3.63) is 34.4 Å². The molecular formula is C11H14N2O6. The van der Waals surface area contributed by atoms with E-state index in [0.717, 1.165) is 0 Å². The predicted octanol–water partition coefficient (Wildman–Crippen LogP) is -0.554. The van der Waals surface area contributed by atoms with Gasteiger partial charge in [0.05, 0.1) is 11.5 Å². The van der Waals surface area contributed by atoms with Crippen molar-refractivity contribution in [1.29, 1.82) is 0 Å². The van der Waals surface area contributed by atoms with Crippen LogP contribution in [-0.4, -0.2) is 51.4 Å². The predicted molar refractivity (Wildman–Crippen MR) is 64.5 cm³/mol. The molecule has 0 bridgehead atoms. The second kappa shape index (κ2) is 5.49. The van der Waals surface area contributed by atoms with Crippen LogP contribution >= 0.6 is 0 Å². The number of non-ortho nitro benzene ring substituents is 1. The number of hydrogen-bond donors (Lipinski definition) is 4. The summed E-state index contributed by atoms with van der Waals surface area (Å²) < 4.78 is 5.22. The van der Waals surface area contributed by atoms with E-state index in [1.165, 1.54) is 24.3 Å². The zero-order valence-electron chi connectivity index (χ0n) is 9.84. The summed E-state index contributed by atoms with van der Waals surface area (Å²) in [6.45, 7) is -0.406. The lowest BCUT2D eigenvalue weighted by Gasteiger charge is -2.17. The van der Waals surface area contributed by atoms with E-state index in [2.05, 4.69) is 5.32 Å². The third-order valence-corrected chi connectivity index (χ3v) is 2.93. The topological polar surface area (TPSA) is 125 Å². The van der Waals surface area contributed by atoms with Crippen LogP contribution in [0.1, 0.15) is 0 Å². The maximum atomic E-state index is 10.5. The van der Waals surface area contributed by atoms with Crippen LogP contribution in [0, 0.1) is 10.1 Å². The molecule has 1 aliphatic heterocycles. The highest BCUT2D eigenvalue weighted by Gasteiger charge is 2.42. The van der Waals surface area contributed by atoms with E-state index in [9.17, 15) is 20.3 Å². The van der Waals surface area contributed by atoms with Crippen molar-refractivity contribution >= 4 is 11.4 Å². The molecule has 1 fully saturated rings. The smallest absolute Gasteiger partial charge is 0.269 e. The SMILES string of the molecule is O=[N+]([O-])c1ccc(N[C@@H]2O[C@H](CO)[C@H](O)[C@@H]2O)cc1. The van der Waals surface area contributed by atoms with Gasteiger partial charge in [-0.3, -0.25) is 10.1 Å². The standard InChI is InChI=1S/C11H14N2O6/c14-5-8-9(15)10(16)11(19-8)12-6-1-3-7(4-2-6)13(17)18/h1-4,8-12,14-16H,5H2/t8-,9+,10+,11-/m1/s1. The molecule has 8 nitrogen and oxygen atoms in total. The number of nitrogens with zero attached hydrogens (tertiary/aromatic N) is 1. The van der Waals surface area contributed by atoms with E-state index in [0.29, 0.717) is 5.69 Å². The van der Waals surface area contributed by atoms with E-state index in [1.54, 1.807) is 0 Å². The number of nitro groups is 1. The van der Waals surface area contributed by atoms with E-state index in [-0.39, 0.29) is 5.69 Å². The summed E-state index contributed by atoms with van der Waals surface area (Å²) in [4.78, 5) is 9.98. The van der Waals surface area contributed by atoms with Gasteiger partial charge in [0.1, 0.15) is 18.3 Å². The van der Waals surface area contributed by atoms with Crippen molar-refractivity contribution < 1.29 is 25.0 Å². The summed E-state index contributed by atoms with van der Waals surface area (Å²) >= 11 is 0. The molecule has 8 heteroatoms. The highest BCUT2D eigenvalue weighted by molar-refractivity contribution is 5.49. The number of ether oxygens (including phenoxy) is 1. The normalized spacial score (nSPS) is 30.3. The Bertz CT molecular complexity index is 451. The second-order valence-electron chi connectivity index (χ2n) is 4.21. The van der Waals surface area contributed by atoms with Gasteiger partial charge in [-0.05, 0) is 12.1 Å². The van der Waals surface area contributed by atoms with E-state index in [1.807, 2.05) is 0 Å². The summed E-state index contributed by atoms with van der Waals surface area (Å²) in [5.41, 5.74) is 0.451. The number of aliphatic hydroxyl groups excluding tert-OH is 3. The van der Waals surface area contributed by atoms with Gasteiger partial charge in [0.2, 0.25) is 0 Å². The molecule has 104 valence electrons. The van der Waals surface area contributed by atoms with Crippen molar-refractivity contribution in [3.8, 4) is 0 Å². The largest absolute Gasteiger partial charge is 0.394 e.